The summed E-state index contributed by atoms with van der Waals surface area (Å²) < 4.78 is 0. The van der Waals surface area contributed by atoms with Crippen LogP contribution in [0.5, 0.6) is 0 Å². The maximum Gasteiger partial charge on any atom is 0.238 e. The van der Waals surface area contributed by atoms with Crippen LogP contribution in [-0.2, 0) is 11.2 Å². The van der Waals surface area contributed by atoms with Crippen LogP contribution in [0, 0.1) is 11.3 Å². The predicted molar refractivity (Wildman–Crippen MR) is 77.9 cm³/mol. The van der Waals surface area contributed by atoms with Gasteiger partial charge < -0.3 is 4.90 Å². The van der Waals surface area contributed by atoms with Crippen molar-refractivity contribution in [3.63, 3.8) is 0 Å². The molecule has 0 fully saturated rings. The lowest BCUT2D eigenvalue weighted by molar-refractivity contribution is -0.131. The molecule has 2 rings (SSSR count). The topological polar surface area (TPSA) is 73.4 Å². The Morgan fingerprint density at radius 2 is 2.35 bits per heavy atom. The van der Waals surface area contributed by atoms with Gasteiger partial charge in [-0.2, -0.15) is 5.26 Å². The zero-order chi connectivity index (χ0) is 14.5. The fraction of sp³-hybridized carbons (Fsp3) is 0.467. The maximum atomic E-state index is 11.8. The minimum atomic E-state index is -0.0340. The van der Waals surface area contributed by atoms with Gasteiger partial charge in [-0.3, -0.25) is 9.80 Å². The van der Waals surface area contributed by atoms with Gasteiger partial charge in [0.15, 0.2) is 0 Å². The van der Waals surface area contributed by atoms with Crippen LogP contribution in [0.4, 0.5) is 5.69 Å². The second kappa shape index (κ2) is 6.40. The van der Waals surface area contributed by atoms with Crippen molar-refractivity contribution in [1.29, 1.82) is 5.26 Å². The average molecular weight is 272 g/mol. The summed E-state index contributed by atoms with van der Waals surface area (Å²) in [6.07, 6.45) is 2.47. The minimum absolute atomic E-state index is 0.0340. The third kappa shape index (κ3) is 3.09. The Hall–Kier alpha value is -2.06. The van der Waals surface area contributed by atoms with Crippen LogP contribution in [0.15, 0.2) is 18.2 Å². The van der Waals surface area contributed by atoms with E-state index in [1.54, 1.807) is 0 Å². The summed E-state index contributed by atoms with van der Waals surface area (Å²) in [7, 11) is 0. The molecule has 1 aromatic carbocycles. The Morgan fingerprint density at radius 1 is 1.55 bits per heavy atom. The van der Waals surface area contributed by atoms with Crippen molar-refractivity contribution in [3.05, 3.63) is 29.3 Å². The standard InChI is InChI=1S/C15H20N4O/c1-2-19(17)15(20)7-9-18-8-3-4-13-10-12(11-16)5-6-14(13)18/h5-6,10H,2-4,7-9,17H2,1H3. The summed E-state index contributed by atoms with van der Waals surface area (Å²) >= 11 is 0. The number of carbonyl (C=O) groups is 1. The van der Waals surface area contributed by atoms with Crippen LogP contribution >= 0.6 is 0 Å². The lowest BCUT2D eigenvalue weighted by Gasteiger charge is -2.31. The summed E-state index contributed by atoms with van der Waals surface area (Å²) in [4.78, 5) is 14.0. The number of anilines is 1. The van der Waals surface area contributed by atoms with E-state index in [4.69, 9.17) is 11.1 Å². The second-order valence-corrected chi connectivity index (χ2v) is 4.98. The smallest absolute Gasteiger partial charge is 0.238 e. The van der Waals surface area contributed by atoms with Gasteiger partial charge in [0, 0.05) is 31.7 Å². The van der Waals surface area contributed by atoms with Crippen molar-refractivity contribution >= 4 is 11.6 Å². The molecule has 1 aliphatic heterocycles. The molecule has 0 spiro atoms. The fourth-order valence-corrected chi connectivity index (χ4v) is 2.53. The first-order valence-corrected chi connectivity index (χ1v) is 6.98. The molecule has 0 atom stereocenters. The summed E-state index contributed by atoms with van der Waals surface area (Å²) in [6, 6.07) is 7.94. The van der Waals surface area contributed by atoms with Gasteiger partial charge in [-0.25, -0.2) is 5.84 Å². The van der Waals surface area contributed by atoms with E-state index in [2.05, 4.69) is 11.0 Å². The SMILES string of the molecule is CCN(N)C(=O)CCN1CCCc2cc(C#N)ccc21. The summed E-state index contributed by atoms with van der Waals surface area (Å²) in [6.45, 7) is 4.01. The van der Waals surface area contributed by atoms with Gasteiger partial charge in [0.05, 0.1) is 11.6 Å². The van der Waals surface area contributed by atoms with E-state index in [9.17, 15) is 4.79 Å². The summed E-state index contributed by atoms with van der Waals surface area (Å²) in [5.74, 6) is 5.56. The number of nitriles is 1. The van der Waals surface area contributed by atoms with Crippen molar-refractivity contribution < 1.29 is 4.79 Å². The van der Waals surface area contributed by atoms with E-state index in [1.807, 2.05) is 25.1 Å². The largest absolute Gasteiger partial charge is 0.371 e. The van der Waals surface area contributed by atoms with Gasteiger partial charge in [0.25, 0.3) is 0 Å². The molecule has 106 valence electrons. The van der Waals surface area contributed by atoms with Gasteiger partial charge in [-0.15, -0.1) is 0 Å². The van der Waals surface area contributed by atoms with Crippen molar-refractivity contribution in [2.24, 2.45) is 5.84 Å². The van der Waals surface area contributed by atoms with Crippen LogP contribution in [0.1, 0.15) is 30.9 Å². The monoisotopic (exact) mass is 272 g/mol. The van der Waals surface area contributed by atoms with E-state index in [0.717, 1.165) is 25.1 Å². The Balaban J connectivity index is 2.06. The molecule has 2 N–H and O–H groups in total. The Bertz CT molecular complexity index is 535. The molecule has 0 unspecified atom stereocenters. The zero-order valence-electron chi connectivity index (χ0n) is 11.8. The molecule has 0 bridgehead atoms. The zero-order valence-corrected chi connectivity index (χ0v) is 11.8. The molecular weight excluding hydrogens is 252 g/mol. The molecule has 1 amide bonds. The molecule has 0 aliphatic carbocycles. The van der Waals surface area contributed by atoms with Crippen molar-refractivity contribution in [1.82, 2.24) is 5.01 Å². The van der Waals surface area contributed by atoms with Gasteiger partial charge in [-0.1, -0.05) is 0 Å². The molecule has 0 saturated carbocycles. The first kappa shape index (κ1) is 14.4. The quantitative estimate of drug-likeness (QED) is 0.511. The lowest BCUT2D eigenvalue weighted by atomic mass is 9.99. The van der Waals surface area contributed by atoms with Gasteiger partial charge in [-0.05, 0) is 43.5 Å². The van der Waals surface area contributed by atoms with Crippen LogP contribution < -0.4 is 10.7 Å². The number of aryl methyl sites for hydroxylation is 1. The molecule has 1 aliphatic rings. The molecule has 5 heteroatoms. The first-order chi connectivity index (χ1) is 9.65. The highest BCUT2D eigenvalue weighted by molar-refractivity contribution is 5.76. The normalized spacial score (nSPS) is 13.6. The Kier molecular flexibility index (Phi) is 4.59. The van der Waals surface area contributed by atoms with Crippen LogP contribution in [-0.4, -0.2) is 30.6 Å². The molecule has 1 heterocycles. The third-order valence-electron chi connectivity index (χ3n) is 3.68. The first-order valence-electron chi connectivity index (χ1n) is 6.98. The molecule has 20 heavy (non-hydrogen) atoms. The van der Waals surface area contributed by atoms with Crippen molar-refractivity contribution in [2.75, 3.05) is 24.5 Å². The number of carbonyl (C=O) groups excluding carboxylic acids is 1. The van der Waals surface area contributed by atoms with Gasteiger partial charge >= 0.3 is 0 Å². The highest BCUT2D eigenvalue weighted by Crippen LogP contribution is 2.28. The van der Waals surface area contributed by atoms with Crippen LogP contribution in [0.25, 0.3) is 0 Å². The lowest BCUT2D eigenvalue weighted by Crippen LogP contribution is -2.40. The van der Waals surface area contributed by atoms with E-state index >= 15 is 0 Å². The van der Waals surface area contributed by atoms with E-state index in [-0.39, 0.29) is 5.91 Å². The summed E-state index contributed by atoms with van der Waals surface area (Å²) in [5.41, 5.74) is 3.03. The van der Waals surface area contributed by atoms with Crippen LogP contribution in [0.2, 0.25) is 0 Å². The highest BCUT2D eigenvalue weighted by atomic mass is 16.2. The van der Waals surface area contributed by atoms with E-state index < -0.39 is 0 Å². The number of nitrogens with zero attached hydrogens (tertiary/aromatic N) is 3. The van der Waals surface area contributed by atoms with E-state index in [0.29, 0.717) is 25.1 Å². The Morgan fingerprint density at radius 3 is 3.05 bits per heavy atom. The highest BCUT2D eigenvalue weighted by Gasteiger charge is 2.18. The number of nitrogens with two attached hydrogens (primary N) is 1. The number of fused-ring (bicyclic) bond motifs is 1. The van der Waals surface area contributed by atoms with Gasteiger partial charge in [0.2, 0.25) is 5.91 Å². The number of hydrazine groups is 1. The molecule has 1 aromatic rings. The van der Waals surface area contributed by atoms with Crippen LogP contribution in [0.3, 0.4) is 0 Å². The molecular formula is C15H20N4O. The fourth-order valence-electron chi connectivity index (χ4n) is 2.53. The maximum absolute atomic E-state index is 11.8. The summed E-state index contributed by atoms with van der Waals surface area (Å²) in [5, 5.41) is 10.2. The van der Waals surface area contributed by atoms with Crippen molar-refractivity contribution in [2.45, 2.75) is 26.2 Å². The number of hydrogen-bond acceptors (Lipinski definition) is 4. The molecule has 0 radical (unpaired) electrons. The minimum Gasteiger partial charge on any atom is -0.371 e. The number of rotatable bonds is 4. The van der Waals surface area contributed by atoms with E-state index in [1.165, 1.54) is 10.6 Å². The van der Waals surface area contributed by atoms with Gasteiger partial charge in [0.1, 0.15) is 0 Å². The average Bonchev–Trinajstić information content (AvgIpc) is 2.50. The predicted octanol–water partition coefficient (Wildman–Crippen LogP) is 1.42. The molecule has 5 nitrogen and oxygen atoms in total. The third-order valence-corrected chi connectivity index (χ3v) is 3.68. The number of benzene rings is 1. The Labute approximate surface area is 119 Å². The van der Waals surface area contributed by atoms with Crippen molar-refractivity contribution in [3.8, 4) is 6.07 Å². The number of amides is 1. The number of hydrogen-bond donors (Lipinski definition) is 1. The molecule has 0 saturated heterocycles. The second-order valence-electron chi connectivity index (χ2n) is 4.98. The molecule has 0 aromatic heterocycles.